The van der Waals surface area contributed by atoms with Gasteiger partial charge in [-0.15, -0.1) is 0 Å². The summed E-state index contributed by atoms with van der Waals surface area (Å²) in [5, 5.41) is 7.23. The van der Waals surface area contributed by atoms with Crippen molar-refractivity contribution < 1.29 is 14.2 Å². The highest BCUT2D eigenvalue weighted by Gasteiger charge is 2.24. The number of hydrogen-bond acceptors (Lipinski definition) is 6. The second kappa shape index (κ2) is 7.80. The maximum atomic E-state index is 14.6. The first-order valence-corrected chi connectivity index (χ1v) is 12.3. The number of sulfone groups is 1. The van der Waals surface area contributed by atoms with Crippen LogP contribution in [0.1, 0.15) is 32.8 Å². The van der Waals surface area contributed by atoms with E-state index in [1.165, 1.54) is 23.5 Å². The first kappa shape index (κ1) is 21.3. The molecule has 1 aliphatic rings. The smallest absolute Gasteiger partial charge is 0.262 e. The van der Waals surface area contributed by atoms with Crippen molar-refractivity contribution in [1.82, 2.24) is 19.2 Å². The van der Waals surface area contributed by atoms with E-state index < -0.39 is 15.7 Å². The normalized spacial score (nSPS) is 14.0. The van der Waals surface area contributed by atoms with E-state index in [0.29, 0.717) is 17.3 Å². The molecule has 0 aliphatic heterocycles. The molecule has 0 radical (unpaired) electrons. The van der Waals surface area contributed by atoms with Gasteiger partial charge in [0, 0.05) is 24.9 Å². The molecule has 0 atom stereocenters. The van der Waals surface area contributed by atoms with E-state index in [1.54, 1.807) is 25.4 Å². The van der Waals surface area contributed by atoms with Gasteiger partial charge < -0.3 is 5.32 Å². The van der Waals surface area contributed by atoms with Crippen molar-refractivity contribution in [3.05, 3.63) is 70.7 Å². The molecule has 0 spiro atoms. The molecule has 4 aromatic rings. The standard InChI is InChI=1S/C23H22FN5O3S.H2/c1-3-33(31,32)18-7-8-20(19(24)10-18)26-22-14(2)23(30)28-12-15(4-9-21(28)27-22)16-11-25-29(13-16)17-5-6-17;/h4,7-13,17,26H,3,5-6H2,1-2H3;1H. The summed E-state index contributed by atoms with van der Waals surface area (Å²) in [6, 6.07) is 7.70. The van der Waals surface area contributed by atoms with Gasteiger partial charge in [-0.2, -0.15) is 5.10 Å². The van der Waals surface area contributed by atoms with E-state index in [9.17, 15) is 17.6 Å². The Bertz CT molecular complexity index is 1560. The largest absolute Gasteiger partial charge is 0.337 e. The van der Waals surface area contributed by atoms with Gasteiger partial charge in [0.15, 0.2) is 9.84 Å². The average molecular weight is 470 g/mol. The number of benzene rings is 1. The van der Waals surface area contributed by atoms with E-state index in [2.05, 4.69) is 15.4 Å². The SMILES string of the molecule is CCS(=O)(=O)c1ccc(Nc2nc3ccc(-c4cnn(C5CC5)c4)cn3c(=O)c2C)c(F)c1.[HH]. The molecule has 0 amide bonds. The highest BCUT2D eigenvalue weighted by atomic mass is 32.2. The Morgan fingerprint density at radius 2 is 1.97 bits per heavy atom. The van der Waals surface area contributed by atoms with Crippen LogP contribution in [0.15, 0.2) is 58.6 Å². The summed E-state index contributed by atoms with van der Waals surface area (Å²) in [6.07, 6.45) is 7.75. The zero-order valence-electron chi connectivity index (χ0n) is 18.1. The predicted octanol–water partition coefficient (Wildman–Crippen LogP) is 4.12. The van der Waals surface area contributed by atoms with Gasteiger partial charge in [-0.1, -0.05) is 6.92 Å². The van der Waals surface area contributed by atoms with Crippen LogP contribution in [-0.2, 0) is 9.84 Å². The quantitative estimate of drug-likeness (QED) is 0.456. The molecule has 3 heterocycles. The van der Waals surface area contributed by atoms with Crippen LogP contribution in [0.5, 0.6) is 0 Å². The Kier molecular flexibility index (Phi) is 5.04. The Balaban J connectivity index is 0.00000274. The molecular formula is C23H24FN5O3S. The lowest BCUT2D eigenvalue weighted by atomic mass is 10.1. The maximum Gasteiger partial charge on any atom is 0.262 e. The van der Waals surface area contributed by atoms with Crippen molar-refractivity contribution in [2.45, 2.75) is 37.6 Å². The number of fused-ring (bicyclic) bond motifs is 1. The van der Waals surface area contributed by atoms with Crippen LogP contribution in [0, 0.1) is 12.7 Å². The van der Waals surface area contributed by atoms with E-state index in [4.69, 9.17) is 0 Å². The van der Waals surface area contributed by atoms with Crippen molar-refractivity contribution in [1.29, 1.82) is 0 Å². The molecule has 0 unspecified atom stereocenters. The average Bonchev–Trinajstić information content (AvgIpc) is 3.54. The van der Waals surface area contributed by atoms with Crippen molar-refractivity contribution >= 4 is 27.0 Å². The summed E-state index contributed by atoms with van der Waals surface area (Å²) in [6.45, 7) is 3.11. The first-order valence-electron chi connectivity index (χ1n) is 10.6. The van der Waals surface area contributed by atoms with Gasteiger partial charge in [0.2, 0.25) is 0 Å². The lowest BCUT2D eigenvalue weighted by molar-refractivity contribution is 0.592. The van der Waals surface area contributed by atoms with Crippen LogP contribution in [0.2, 0.25) is 0 Å². The number of halogens is 1. The van der Waals surface area contributed by atoms with Crippen LogP contribution >= 0.6 is 0 Å². The lowest BCUT2D eigenvalue weighted by Crippen LogP contribution is -2.20. The van der Waals surface area contributed by atoms with Crippen molar-refractivity contribution in [2.75, 3.05) is 11.1 Å². The Hall–Kier alpha value is -3.53. The van der Waals surface area contributed by atoms with Crippen LogP contribution < -0.4 is 10.9 Å². The van der Waals surface area contributed by atoms with Crippen LogP contribution in [0.25, 0.3) is 16.8 Å². The maximum absolute atomic E-state index is 14.6. The molecular weight excluding hydrogens is 445 g/mol. The topological polar surface area (TPSA) is 98.4 Å². The molecule has 5 rings (SSSR count). The van der Waals surface area contributed by atoms with Crippen LogP contribution in [0.4, 0.5) is 15.9 Å². The van der Waals surface area contributed by atoms with Gasteiger partial charge in [-0.3, -0.25) is 13.9 Å². The van der Waals surface area contributed by atoms with Gasteiger partial charge in [0.1, 0.15) is 17.3 Å². The zero-order valence-corrected chi connectivity index (χ0v) is 18.9. The molecule has 1 aliphatic carbocycles. The van der Waals surface area contributed by atoms with Crippen molar-refractivity contribution in [2.24, 2.45) is 0 Å². The Labute approximate surface area is 191 Å². The summed E-state index contributed by atoms with van der Waals surface area (Å²) in [7, 11) is -3.52. The van der Waals surface area contributed by atoms with E-state index in [-0.39, 0.29) is 29.1 Å². The highest BCUT2D eigenvalue weighted by Crippen LogP contribution is 2.35. The second-order valence-corrected chi connectivity index (χ2v) is 10.4. The molecule has 172 valence electrons. The molecule has 1 fully saturated rings. The minimum atomic E-state index is -3.52. The third-order valence-corrected chi connectivity index (χ3v) is 7.57. The van der Waals surface area contributed by atoms with E-state index in [1.807, 2.05) is 16.9 Å². The summed E-state index contributed by atoms with van der Waals surface area (Å²) in [4.78, 5) is 17.4. The van der Waals surface area contributed by atoms with Crippen LogP contribution in [0.3, 0.4) is 0 Å². The number of rotatable bonds is 6. The number of nitrogens with zero attached hydrogens (tertiary/aromatic N) is 4. The van der Waals surface area contributed by atoms with Gasteiger partial charge in [0.25, 0.3) is 5.56 Å². The summed E-state index contributed by atoms with van der Waals surface area (Å²) in [5.41, 5.74) is 2.22. The molecule has 0 saturated heterocycles. The summed E-state index contributed by atoms with van der Waals surface area (Å²) >= 11 is 0. The predicted molar refractivity (Wildman–Crippen MR) is 125 cm³/mol. The fraction of sp³-hybridized carbons (Fsp3) is 0.261. The third-order valence-electron chi connectivity index (χ3n) is 5.84. The van der Waals surface area contributed by atoms with E-state index >= 15 is 0 Å². The minimum Gasteiger partial charge on any atom is -0.337 e. The highest BCUT2D eigenvalue weighted by molar-refractivity contribution is 7.91. The molecule has 8 nitrogen and oxygen atoms in total. The fourth-order valence-corrected chi connectivity index (χ4v) is 4.52. The minimum absolute atomic E-state index is 0. The number of aromatic nitrogens is 4. The zero-order chi connectivity index (χ0) is 23.3. The molecule has 10 heteroatoms. The Morgan fingerprint density at radius 1 is 1.18 bits per heavy atom. The monoisotopic (exact) mass is 469 g/mol. The van der Waals surface area contributed by atoms with Gasteiger partial charge >= 0.3 is 0 Å². The number of pyridine rings is 1. The van der Waals surface area contributed by atoms with Crippen molar-refractivity contribution in [3.8, 4) is 11.1 Å². The number of nitrogens with one attached hydrogen (secondary N) is 1. The molecule has 1 aromatic carbocycles. The lowest BCUT2D eigenvalue weighted by Gasteiger charge is -2.12. The van der Waals surface area contributed by atoms with Gasteiger partial charge in [-0.25, -0.2) is 17.8 Å². The summed E-state index contributed by atoms with van der Waals surface area (Å²) < 4.78 is 42.0. The van der Waals surface area contributed by atoms with Crippen LogP contribution in [-0.4, -0.2) is 33.3 Å². The molecule has 33 heavy (non-hydrogen) atoms. The van der Waals surface area contributed by atoms with E-state index in [0.717, 1.165) is 30.0 Å². The van der Waals surface area contributed by atoms with Gasteiger partial charge in [0.05, 0.1) is 34.1 Å². The molecule has 3 aromatic heterocycles. The van der Waals surface area contributed by atoms with Crippen molar-refractivity contribution in [3.63, 3.8) is 0 Å². The molecule has 1 N–H and O–H groups in total. The van der Waals surface area contributed by atoms with Gasteiger partial charge in [-0.05, 0) is 50.1 Å². The second-order valence-electron chi connectivity index (χ2n) is 8.15. The molecule has 1 saturated carbocycles. The Morgan fingerprint density at radius 3 is 2.67 bits per heavy atom. The fourth-order valence-electron chi connectivity index (χ4n) is 3.63. The summed E-state index contributed by atoms with van der Waals surface area (Å²) in [5.74, 6) is -0.654. The first-order chi connectivity index (χ1) is 15.8. The number of hydrogen-bond donors (Lipinski definition) is 1. The molecule has 0 bridgehead atoms. The third kappa shape index (κ3) is 3.91. The number of anilines is 2.